The first-order chi connectivity index (χ1) is 10.8. The number of aromatic nitrogens is 4. The smallest absolute Gasteiger partial charge is 0.192 e. The fraction of sp³-hybridized carbons (Fsp3) is 0. The number of benzene rings is 2. The third-order valence-electron chi connectivity index (χ3n) is 3.28. The van der Waals surface area contributed by atoms with Crippen LogP contribution in [0.1, 0.15) is 5.56 Å². The average Bonchev–Trinajstić information content (AvgIpc) is 3.16. The van der Waals surface area contributed by atoms with Crippen LogP contribution in [0.25, 0.3) is 26.9 Å². The topological polar surface area (TPSA) is 66.9 Å². The van der Waals surface area contributed by atoms with E-state index in [4.69, 9.17) is 5.26 Å². The highest BCUT2D eigenvalue weighted by atomic mass is 32.1. The van der Waals surface area contributed by atoms with Gasteiger partial charge in [0.15, 0.2) is 5.82 Å². The lowest BCUT2D eigenvalue weighted by atomic mass is 10.2. The molecular weight excluding hydrogens is 294 g/mol. The van der Waals surface area contributed by atoms with E-state index in [1.807, 2.05) is 42.5 Å². The Kier molecular flexibility index (Phi) is 2.92. The second kappa shape index (κ2) is 5.06. The summed E-state index contributed by atoms with van der Waals surface area (Å²) < 4.78 is 1.76. The molecule has 4 aromatic rings. The van der Waals surface area contributed by atoms with Crippen LogP contribution in [0.5, 0.6) is 0 Å². The van der Waals surface area contributed by atoms with E-state index < -0.39 is 0 Å². The van der Waals surface area contributed by atoms with E-state index in [2.05, 4.69) is 21.4 Å². The molecule has 0 saturated carbocycles. The van der Waals surface area contributed by atoms with Gasteiger partial charge in [-0.15, -0.1) is 10.2 Å². The zero-order valence-electron chi connectivity index (χ0n) is 11.3. The molecule has 0 unspecified atom stereocenters. The van der Waals surface area contributed by atoms with E-state index in [-0.39, 0.29) is 0 Å². The number of rotatable bonds is 2. The van der Waals surface area contributed by atoms with Gasteiger partial charge in [0.25, 0.3) is 0 Å². The maximum atomic E-state index is 8.86. The van der Waals surface area contributed by atoms with Crippen LogP contribution < -0.4 is 0 Å². The average molecular weight is 303 g/mol. The zero-order valence-corrected chi connectivity index (χ0v) is 12.2. The number of hydrogen-bond acceptors (Lipinski definition) is 5. The van der Waals surface area contributed by atoms with Gasteiger partial charge in [-0.25, -0.2) is 0 Å². The summed E-state index contributed by atoms with van der Waals surface area (Å²) in [5, 5.41) is 22.7. The summed E-state index contributed by atoms with van der Waals surface area (Å²) >= 11 is 1.47. The van der Waals surface area contributed by atoms with Crippen molar-refractivity contribution in [2.75, 3.05) is 0 Å². The molecule has 0 spiro atoms. The van der Waals surface area contributed by atoms with Crippen LogP contribution in [0, 0.1) is 11.3 Å². The summed E-state index contributed by atoms with van der Waals surface area (Å²) in [7, 11) is 0. The van der Waals surface area contributed by atoms with Crippen LogP contribution in [0.15, 0.2) is 54.6 Å². The van der Waals surface area contributed by atoms with Gasteiger partial charge in [0.1, 0.15) is 5.01 Å². The quantitative estimate of drug-likeness (QED) is 0.569. The zero-order chi connectivity index (χ0) is 14.9. The van der Waals surface area contributed by atoms with E-state index in [1.165, 1.54) is 11.3 Å². The summed E-state index contributed by atoms with van der Waals surface area (Å²) in [6.07, 6.45) is 0. The molecular formula is C16H9N5S. The van der Waals surface area contributed by atoms with Gasteiger partial charge in [-0.05, 0) is 12.1 Å². The third kappa shape index (κ3) is 2.05. The minimum atomic E-state index is 0.636. The first kappa shape index (κ1) is 12.7. The standard InChI is InChI=1S/C16H9N5S/c17-10-11-6-8-13(9-7-11)15-20-21-14(18-19-16(21)22-15)12-4-2-1-3-5-12/h1-9H. The predicted molar refractivity (Wildman–Crippen MR) is 84.2 cm³/mol. The molecule has 2 aromatic heterocycles. The molecule has 2 aromatic carbocycles. The molecule has 0 saturated heterocycles. The SMILES string of the molecule is N#Cc1ccc(-c2nn3c(-c4ccccc4)nnc3s2)cc1. The Labute approximate surface area is 130 Å². The Morgan fingerprint density at radius 2 is 1.68 bits per heavy atom. The van der Waals surface area contributed by atoms with Crippen molar-refractivity contribution in [3.05, 3.63) is 60.2 Å². The van der Waals surface area contributed by atoms with Crippen LogP contribution in [-0.2, 0) is 0 Å². The lowest BCUT2D eigenvalue weighted by molar-refractivity contribution is 0.970. The van der Waals surface area contributed by atoms with Crippen LogP contribution in [0.2, 0.25) is 0 Å². The minimum Gasteiger partial charge on any atom is -0.192 e. The molecule has 5 nitrogen and oxygen atoms in total. The van der Waals surface area contributed by atoms with E-state index in [0.717, 1.165) is 26.9 Å². The van der Waals surface area contributed by atoms with Gasteiger partial charge in [0.2, 0.25) is 4.96 Å². The van der Waals surface area contributed by atoms with Crippen LogP contribution in [0.3, 0.4) is 0 Å². The van der Waals surface area contributed by atoms with Crippen LogP contribution in [0.4, 0.5) is 0 Å². The van der Waals surface area contributed by atoms with Gasteiger partial charge in [0, 0.05) is 11.1 Å². The Balaban J connectivity index is 1.81. The minimum absolute atomic E-state index is 0.636. The lowest BCUT2D eigenvalue weighted by Gasteiger charge is -1.96. The Hall–Kier alpha value is -3.04. The van der Waals surface area contributed by atoms with Crippen molar-refractivity contribution in [3.8, 4) is 28.0 Å². The normalized spacial score (nSPS) is 10.7. The van der Waals surface area contributed by atoms with Gasteiger partial charge in [-0.1, -0.05) is 53.8 Å². The van der Waals surface area contributed by atoms with Crippen molar-refractivity contribution in [1.82, 2.24) is 19.8 Å². The van der Waals surface area contributed by atoms with Crippen LogP contribution in [-0.4, -0.2) is 19.8 Å². The monoisotopic (exact) mass is 303 g/mol. The first-order valence-corrected chi connectivity index (χ1v) is 7.45. The van der Waals surface area contributed by atoms with Crippen LogP contribution >= 0.6 is 11.3 Å². The summed E-state index contributed by atoms with van der Waals surface area (Å²) in [6, 6.07) is 19.3. The number of fused-ring (bicyclic) bond motifs is 1. The molecule has 2 heterocycles. The summed E-state index contributed by atoms with van der Waals surface area (Å²) in [4.78, 5) is 0.748. The molecule has 0 atom stereocenters. The Morgan fingerprint density at radius 3 is 2.41 bits per heavy atom. The molecule has 0 amide bonds. The summed E-state index contributed by atoms with van der Waals surface area (Å²) in [6.45, 7) is 0. The van der Waals surface area contributed by atoms with Gasteiger partial charge >= 0.3 is 0 Å². The molecule has 4 rings (SSSR count). The molecule has 6 heteroatoms. The van der Waals surface area contributed by atoms with E-state index in [9.17, 15) is 0 Å². The first-order valence-electron chi connectivity index (χ1n) is 6.63. The van der Waals surface area contributed by atoms with Gasteiger partial charge in [0.05, 0.1) is 11.6 Å². The van der Waals surface area contributed by atoms with Gasteiger partial charge in [-0.2, -0.15) is 14.9 Å². The van der Waals surface area contributed by atoms with E-state index in [0.29, 0.717) is 5.56 Å². The molecule has 0 aliphatic rings. The van der Waals surface area contributed by atoms with Crippen molar-refractivity contribution in [1.29, 1.82) is 5.26 Å². The summed E-state index contributed by atoms with van der Waals surface area (Å²) in [5.41, 5.74) is 2.58. The van der Waals surface area contributed by atoms with Gasteiger partial charge < -0.3 is 0 Å². The van der Waals surface area contributed by atoms with Crippen molar-refractivity contribution in [2.45, 2.75) is 0 Å². The molecule has 0 aliphatic heterocycles. The molecule has 0 bridgehead atoms. The fourth-order valence-corrected chi connectivity index (χ4v) is 3.03. The Morgan fingerprint density at radius 1 is 0.909 bits per heavy atom. The van der Waals surface area contributed by atoms with Crippen molar-refractivity contribution in [3.63, 3.8) is 0 Å². The predicted octanol–water partition coefficient (Wildman–Crippen LogP) is 3.39. The molecule has 0 fully saturated rings. The van der Waals surface area contributed by atoms with Crippen molar-refractivity contribution >= 4 is 16.3 Å². The molecule has 104 valence electrons. The van der Waals surface area contributed by atoms with Crippen molar-refractivity contribution < 1.29 is 0 Å². The Bertz CT molecular complexity index is 977. The number of nitrogens with zero attached hydrogens (tertiary/aromatic N) is 5. The largest absolute Gasteiger partial charge is 0.235 e. The second-order valence-corrected chi connectivity index (χ2v) is 5.64. The maximum absolute atomic E-state index is 8.86. The van der Waals surface area contributed by atoms with Crippen molar-refractivity contribution in [2.24, 2.45) is 0 Å². The lowest BCUT2D eigenvalue weighted by Crippen LogP contribution is -1.90. The molecule has 0 N–H and O–H groups in total. The molecule has 22 heavy (non-hydrogen) atoms. The van der Waals surface area contributed by atoms with Gasteiger partial charge in [-0.3, -0.25) is 0 Å². The fourth-order valence-electron chi connectivity index (χ4n) is 2.19. The molecule has 0 radical (unpaired) electrons. The number of nitriles is 1. The summed E-state index contributed by atoms with van der Waals surface area (Å²) in [5.74, 6) is 0.728. The van der Waals surface area contributed by atoms with E-state index in [1.54, 1.807) is 16.6 Å². The van der Waals surface area contributed by atoms with E-state index >= 15 is 0 Å². The number of hydrogen-bond donors (Lipinski definition) is 0. The third-order valence-corrected chi connectivity index (χ3v) is 4.23. The molecule has 0 aliphatic carbocycles. The highest BCUT2D eigenvalue weighted by Crippen LogP contribution is 2.28. The highest BCUT2D eigenvalue weighted by molar-refractivity contribution is 7.19. The highest BCUT2D eigenvalue weighted by Gasteiger charge is 2.14. The second-order valence-electron chi connectivity index (χ2n) is 4.68. The maximum Gasteiger partial charge on any atom is 0.235 e.